The number of carbonyl (C=O) groups excluding carboxylic acids is 1. The Balaban J connectivity index is 2.12. The first kappa shape index (κ1) is 15.0. The van der Waals surface area contributed by atoms with Gasteiger partial charge in [-0.3, -0.25) is 4.79 Å². The van der Waals surface area contributed by atoms with Crippen LogP contribution in [0.2, 0.25) is 0 Å². The van der Waals surface area contributed by atoms with Crippen molar-refractivity contribution < 1.29 is 14.5 Å². The quantitative estimate of drug-likeness (QED) is 0.829. The Morgan fingerprint density at radius 3 is 2.35 bits per heavy atom. The number of nitrogens with one attached hydrogen (secondary N) is 1. The summed E-state index contributed by atoms with van der Waals surface area (Å²) in [5.41, 5.74) is 3.99. The molecule has 1 saturated heterocycles. The predicted octanol–water partition coefficient (Wildman–Crippen LogP) is 2.16. The van der Waals surface area contributed by atoms with E-state index in [4.69, 9.17) is 0 Å². The van der Waals surface area contributed by atoms with Gasteiger partial charge in [0, 0.05) is 6.92 Å². The van der Waals surface area contributed by atoms with Crippen molar-refractivity contribution in [2.24, 2.45) is 0 Å². The minimum atomic E-state index is -0.541. The highest BCUT2D eigenvalue weighted by Crippen LogP contribution is 2.22. The first-order chi connectivity index (χ1) is 9.61. The number of benzene rings is 1. The topological polar surface area (TPSA) is 49.3 Å². The minimum Gasteiger partial charge on any atom is -0.382 e. The lowest BCUT2D eigenvalue weighted by molar-refractivity contribution is -0.963. The van der Waals surface area contributed by atoms with Gasteiger partial charge >= 0.3 is 0 Å². The lowest BCUT2D eigenvalue weighted by Gasteiger charge is -2.37. The molecule has 4 heteroatoms. The van der Waals surface area contributed by atoms with Crippen LogP contribution in [0, 0.1) is 0 Å². The number of likely N-dealkylation sites (tertiary alicyclic amines) is 1. The number of hydrogen-bond acceptors (Lipinski definition) is 2. The zero-order valence-electron chi connectivity index (χ0n) is 12.2. The molecule has 0 aliphatic carbocycles. The molecule has 1 aromatic rings. The van der Waals surface area contributed by atoms with Gasteiger partial charge in [-0.05, 0) is 31.2 Å². The first-order valence-corrected chi connectivity index (χ1v) is 7.49. The Bertz CT molecular complexity index is 425. The van der Waals surface area contributed by atoms with Crippen LogP contribution in [0.1, 0.15) is 44.3 Å². The molecular formula is C16H25N2O2+. The zero-order valence-corrected chi connectivity index (χ0v) is 12.2. The highest BCUT2D eigenvalue weighted by molar-refractivity contribution is 5.71. The highest BCUT2D eigenvalue weighted by Gasteiger charge is 2.33. The van der Waals surface area contributed by atoms with Crippen LogP contribution < -0.4 is 5.43 Å². The van der Waals surface area contributed by atoms with E-state index in [1.54, 1.807) is 6.92 Å². The van der Waals surface area contributed by atoms with Crippen molar-refractivity contribution in [3.05, 3.63) is 35.9 Å². The van der Waals surface area contributed by atoms with Crippen LogP contribution in [-0.4, -0.2) is 35.2 Å². The third-order valence-electron chi connectivity index (χ3n) is 4.02. The molecule has 1 heterocycles. The van der Waals surface area contributed by atoms with Crippen LogP contribution >= 0.6 is 0 Å². The highest BCUT2D eigenvalue weighted by atomic mass is 16.3. The molecule has 0 radical (unpaired) electrons. The fraction of sp³-hybridized carbons (Fsp3) is 0.562. The Labute approximate surface area is 121 Å². The van der Waals surface area contributed by atoms with Crippen LogP contribution in [0.4, 0.5) is 0 Å². The van der Waals surface area contributed by atoms with Crippen LogP contribution in [-0.2, 0) is 4.79 Å². The van der Waals surface area contributed by atoms with E-state index in [-0.39, 0.29) is 5.91 Å². The molecule has 1 aromatic carbocycles. The number of hydrogen-bond donors (Lipinski definition) is 2. The molecule has 2 rings (SSSR count). The van der Waals surface area contributed by atoms with Crippen molar-refractivity contribution in [1.82, 2.24) is 5.43 Å². The summed E-state index contributed by atoms with van der Waals surface area (Å²) < 4.78 is 0.505. The van der Waals surface area contributed by atoms with Crippen molar-refractivity contribution in [3.63, 3.8) is 0 Å². The van der Waals surface area contributed by atoms with Crippen LogP contribution in [0.3, 0.4) is 0 Å². The van der Waals surface area contributed by atoms with Crippen molar-refractivity contribution in [3.8, 4) is 0 Å². The van der Waals surface area contributed by atoms with E-state index in [1.165, 1.54) is 12.8 Å². The van der Waals surface area contributed by atoms with Crippen LogP contribution in [0.25, 0.3) is 0 Å². The molecule has 2 N–H and O–H groups in total. The largest absolute Gasteiger partial charge is 0.382 e. The minimum absolute atomic E-state index is 0.0211. The molecule has 0 spiro atoms. The lowest BCUT2D eigenvalue weighted by Crippen LogP contribution is -2.61. The number of aliphatic hydroxyl groups is 1. The summed E-state index contributed by atoms with van der Waals surface area (Å²) in [6, 6.07) is 9.69. The Morgan fingerprint density at radius 1 is 1.20 bits per heavy atom. The second-order valence-electron chi connectivity index (χ2n) is 5.78. The van der Waals surface area contributed by atoms with Gasteiger partial charge in [0.2, 0.25) is 0 Å². The average molecular weight is 277 g/mol. The lowest BCUT2D eigenvalue weighted by atomic mass is 10.1. The molecule has 1 aliphatic heterocycles. The van der Waals surface area contributed by atoms with Gasteiger partial charge in [-0.15, -0.1) is 0 Å². The third kappa shape index (κ3) is 4.05. The molecule has 0 bridgehead atoms. The van der Waals surface area contributed by atoms with Crippen molar-refractivity contribution >= 4 is 5.91 Å². The van der Waals surface area contributed by atoms with Gasteiger partial charge in [0.25, 0.3) is 5.91 Å². The van der Waals surface area contributed by atoms with Gasteiger partial charge in [0.05, 0.1) is 0 Å². The summed E-state index contributed by atoms with van der Waals surface area (Å²) >= 11 is 0. The van der Waals surface area contributed by atoms with E-state index in [1.807, 2.05) is 30.3 Å². The smallest absolute Gasteiger partial charge is 0.261 e. The maximum Gasteiger partial charge on any atom is 0.261 e. The number of carbonyl (C=O) groups is 1. The maximum atomic E-state index is 11.5. The monoisotopic (exact) mass is 277 g/mol. The second-order valence-corrected chi connectivity index (χ2v) is 5.78. The maximum absolute atomic E-state index is 11.5. The number of nitrogens with zero attached hydrogens (tertiary/aromatic N) is 1. The van der Waals surface area contributed by atoms with E-state index in [0.717, 1.165) is 31.5 Å². The average Bonchev–Trinajstić information content (AvgIpc) is 2.64. The van der Waals surface area contributed by atoms with Gasteiger partial charge in [0.1, 0.15) is 25.7 Å². The normalized spacial score (nSPS) is 19.9. The number of amides is 1. The Kier molecular flexibility index (Phi) is 5.15. The van der Waals surface area contributed by atoms with Gasteiger partial charge in [0.15, 0.2) is 0 Å². The summed E-state index contributed by atoms with van der Waals surface area (Å²) in [5, 5.41) is 10.5. The molecule has 0 saturated carbocycles. The zero-order chi connectivity index (χ0) is 14.4. The summed E-state index contributed by atoms with van der Waals surface area (Å²) in [4.78, 5) is 11.5. The van der Waals surface area contributed by atoms with Gasteiger partial charge in [-0.1, -0.05) is 30.3 Å². The second kappa shape index (κ2) is 6.86. The molecule has 110 valence electrons. The molecule has 1 atom stereocenters. The molecule has 1 amide bonds. The molecule has 1 fully saturated rings. The molecule has 1 unspecified atom stereocenters. The molecular weight excluding hydrogens is 252 g/mol. The van der Waals surface area contributed by atoms with Gasteiger partial charge in [-0.25, -0.2) is 10.0 Å². The van der Waals surface area contributed by atoms with Gasteiger partial charge < -0.3 is 5.11 Å². The van der Waals surface area contributed by atoms with Crippen molar-refractivity contribution in [2.45, 2.75) is 38.7 Å². The third-order valence-corrected chi connectivity index (χ3v) is 4.02. The molecule has 20 heavy (non-hydrogen) atoms. The number of rotatable bonds is 4. The predicted molar refractivity (Wildman–Crippen MR) is 78.5 cm³/mol. The van der Waals surface area contributed by atoms with E-state index in [0.29, 0.717) is 11.1 Å². The van der Waals surface area contributed by atoms with Crippen molar-refractivity contribution in [1.29, 1.82) is 0 Å². The van der Waals surface area contributed by atoms with E-state index in [2.05, 4.69) is 5.43 Å². The van der Waals surface area contributed by atoms with E-state index >= 15 is 0 Å². The Hall–Kier alpha value is -1.39. The SMILES string of the molecule is CC(=O)N[N+]1(CC(O)c2ccccc2)CCCCCC1. The fourth-order valence-corrected chi connectivity index (χ4v) is 3.08. The summed E-state index contributed by atoms with van der Waals surface area (Å²) in [6.45, 7) is 3.91. The van der Waals surface area contributed by atoms with Crippen LogP contribution in [0.5, 0.6) is 0 Å². The summed E-state index contributed by atoms with van der Waals surface area (Å²) in [6.07, 6.45) is 4.08. The first-order valence-electron chi connectivity index (χ1n) is 7.49. The standard InChI is InChI=1S/C16H24N2O2/c1-14(19)17-18(11-7-2-3-8-12-18)13-16(20)15-9-5-4-6-10-15/h4-6,9-10,16,20H,2-3,7-8,11-13H2,1H3/p+1. The summed E-state index contributed by atoms with van der Waals surface area (Å²) in [5.74, 6) is -0.0211. The molecule has 0 aromatic heterocycles. The molecule has 4 nitrogen and oxygen atoms in total. The van der Waals surface area contributed by atoms with E-state index < -0.39 is 6.10 Å². The molecule has 1 aliphatic rings. The van der Waals surface area contributed by atoms with Gasteiger partial charge in [-0.2, -0.15) is 0 Å². The van der Waals surface area contributed by atoms with E-state index in [9.17, 15) is 9.90 Å². The number of quaternary nitrogens is 1. The van der Waals surface area contributed by atoms with Crippen LogP contribution in [0.15, 0.2) is 30.3 Å². The number of aliphatic hydroxyl groups excluding tert-OH is 1. The fourth-order valence-electron chi connectivity index (χ4n) is 3.08. The Morgan fingerprint density at radius 2 is 1.80 bits per heavy atom. The summed E-state index contributed by atoms with van der Waals surface area (Å²) in [7, 11) is 0. The van der Waals surface area contributed by atoms with Crippen molar-refractivity contribution in [2.75, 3.05) is 19.6 Å².